The smallest absolute Gasteiger partial charge is 0.143 e. The molecule has 0 atom stereocenters. The number of hydrogen-bond acceptors (Lipinski definition) is 2. The lowest BCUT2D eigenvalue weighted by Gasteiger charge is -2.46. The summed E-state index contributed by atoms with van der Waals surface area (Å²) in [6.07, 6.45) is 1.87. The predicted octanol–water partition coefficient (Wildman–Crippen LogP) is 0.366. The Kier molecular flexibility index (Phi) is 0.637. The van der Waals surface area contributed by atoms with Crippen LogP contribution in [-0.4, -0.2) is 19.0 Å². The molecule has 1 aliphatic heterocycles. The van der Waals surface area contributed by atoms with Gasteiger partial charge in [0.2, 0.25) is 0 Å². The Balaban J connectivity index is 2.14. The molecule has 1 aliphatic carbocycles. The number of ether oxygens (including phenoxy) is 1. The van der Waals surface area contributed by atoms with E-state index in [0.29, 0.717) is 19.0 Å². The van der Waals surface area contributed by atoms with Crippen molar-refractivity contribution < 1.29 is 9.53 Å². The summed E-state index contributed by atoms with van der Waals surface area (Å²) < 4.78 is 4.93. The maximum Gasteiger partial charge on any atom is 0.143 e. The van der Waals surface area contributed by atoms with E-state index in [-0.39, 0.29) is 5.41 Å². The van der Waals surface area contributed by atoms with Crippen LogP contribution >= 0.6 is 0 Å². The van der Waals surface area contributed by atoms with Gasteiger partial charge in [-0.25, -0.2) is 0 Å². The second-order valence-corrected chi connectivity index (χ2v) is 2.70. The van der Waals surface area contributed by atoms with Crippen molar-refractivity contribution in [2.24, 2.45) is 5.41 Å². The lowest BCUT2D eigenvalue weighted by atomic mass is 9.66. The summed E-state index contributed by atoms with van der Waals surface area (Å²) in [6.45, 7) is 1.40. The van der Waals surface area contributed by atoms with Gasteiger partial charge in [0.1, 0.15) is 5.78 Å². The normalized spacial score (nSPS) is 31.8. The van der Waals surface area contributed by atoms with Crippen LogP contribution in [0.4, 0.5) is 0 Å². The molecule has 2 nitrogen and oxygen atoms in total. The van der Waals surface area contributed by atoms with Crippen molar-refractivity contribution in [3.05, 3.63) is 0 Å². The minimum Gasteiger partial charge on any atom is -0.379 e. The van der Waals surface area contributed by atoms with Crippen LogP contribution in [0.2, 0.25) is 0 Å². The van der Waals surface area contributed by atoms with E-state index >= 15 is 0 Å². The zero-order chi connectivity index (χ0) is 5.61. The number of carbonyl (C=O) groups excluding carboxylic acids is 1. The fourth-order valence-electron chi connectivity index (χ4n) is 1.23. The molecule has 2 rings (SSSR count). The Morgan fingerprint density at radius 1 is 1.50 bits per heavy atom. The molecule has 0 bridgehead atoms. The van der Waals surface area contributed by atoms with Crippen LogP contribution in [0.3, 0.4) is 0 Å². The van der Waals surface area contributed by atoms with Crippen LogP contribution in [0.15, 0.2) is 0 Å². The standard InChI is InChI=1S/C6H8O2/c7-5-1-2-6(5)3-8-4-6/h1-4H2. The van der Waals surface area contributed by atoms with Gasteiger partial charge in [-0.05, 0) is 6.42 Å². The zero-order valence-electron chi connectivity index (χ0n) is 4.64. The third-order valence-corrected chi connectivity index (χ3v) is 2.18. The van der Waals surface area contributed by atoms with Crippen molar-refractivity contribution in [3.8, 4) is 0 Å². The van der Waals surface area contributed by atoms with E-state index in [1.54, 1.807) is 0 Å². The van der Waals surface area contributed by atoms with Crippen molar-refractivity contribution in [1.29, 1.82) is 0 Å². The predicted molar refractivity (Wildman–Crippen MR) is 27.5 cm³/mol. The van der Waals surface area contributed by atoms with Gasteiger partial charge in [0.05, 0.1) is 18.6 Å². The van der Waals surface area contributed by atoms with E-state index in [2.05, 4.69) is 0 Å². The summed E-state index contributed by atoms with van der Waals surface area (Å²) in [6, 6.07) is 0. The van der Waals surface area contributed by atoms with Crippen molar-refractivity contribution in [1.82, 2.24) is 0 Å². The molecule has 1 spiro atoms. The van der Waals surface area contributed by atoms with Crippen molar-refractivity contribution in [2.75, 3.05) is 13.2 Å². The highest BCUT2D eigenvalue weighted by molar-refractivity contribution is 5.91. The summed E-state index contributed by atoms with van der Waals surface area (Å²) in [5, 5.41) is 0. The van der Waals surface area contributed by atoms with Crippen LogP contribution < -0.4 is 0 Å². The molecule has 2 fully saturated rings. The second kappa shape index (κ2) is 1.13. The van der Waals surface area contributed by atoms with Crippen molar-refractivity contribution in [3.63, 3.8) is 0 Å². The largest absolute Gasteiger partial charge is 0.379 e. The van der Waals surface area contributed by atoms with Gasteiger partial charge < -0.3 is 4.74 Å². The van der Waals surface area contributed by atoms with Gasteiger partial charge in [-0.3, -0.25) is 4.79 Å². The summed E-state index contributed by atoms with van der Waals surface area (Å²) >= 11 is 0. The minimum absolute atomic E-state index is 0.0417. The van der Waals surface area contributed by atoms with Gasteiger partial charge in [0, 0.05) is 6.42 Å². The Labute approximate surface area is 47.8 Å². The molecule has 0 radical (unpaired) electrons. The summed E-state index contributed by atoms with van der Waals surface area (Å²) in [5.74, 6) is 0.420. The van der Waals surface area contributed by atoms with Crippen LogP contribution in [0, 0.1) is 5.41 Å². The van der Waals surface area contributed by atoms with Gasteiger partial charge in [0.15, 0.2) is 0 Å². The van der Waals surface area contributed by atoms with Crippen LogP contribution in [0.25, 0.3) is 0 Å². The number of carbonyl (C=O) groups is 1. The summed E-state index contributed by atoms with van der Waals surface area (Å²) in [4.78, 5) is 10.8. The Morgan fingerprint density at radius 2 is 2.25 bits per heavy atom. The van der Waals surface area contributed by atoms with Gasteiger partial charge in [-0.15, -0.1) is 0 Å². The molecule has 1 saturated heterocycles. The minimum atomic E-state index is 0.0417. The van der Waals surface area contributed by atoms with Crippen LogP contribution in [0.5, 0.6) is 0 Å². The zero-order valence-corrected chi connectivity index (χ0v) is 4.64. The first kappa shape index (κ1) is 4.50. The van der Waals surface area contributed by atoms with Gasteiger partial charge >= 0.3 is 0 Å². The molecule has 44 valence electrons. The molecular formula is C6H8O2. The topological polar surface area (TPSA) is 26.3 Å². The molecule has 0 aromatic carbocycles. The van der Waals surface area contributed by atoms with E-state index < -0.39 is 0 Å². The molecule has 1 heterocycles. The first-order chi connectivity index (χ1) is 3.83. The molecule has 0 aromatic rings. The summed E-state index contributed by atoms with van der Waals surface area (Å²) in [7, 11) is 0. The third kappa shape index (κ3) is 0.313. The number of Topliss-reactive ketones (excluding diaryl/α,β-unsaturated/α-hetero) is 1. The molecule has 2 heteroatoms. The van der Waals surface area contributed by atoms with Gasteiger partial charge in [-0.2, -0.15) is 0 Å². The number of ketones is 1. The number of rotatable bonds is 0. The molecule has 8 heavy (non-hydrogen) atoms. The average Bonchev–Trinajstić information content (AvgIpc) is 1.58. The molecule has 1 saturated carbocycles. The first-order valence-corrected chi connectivity index (χ1v) is 2.95. The highest BCUT2D eigenvalue weighted by Crippen LogP contribution is 2.43. The average molecular weight is 112 g/mol. The van der Waals surface area contributed by atoms with E-state index in [9.17, 15) is 4.79 Å². The summed E-state index contributed by atoms with van der Waals surface area (Å²) in [5.41, 5.74) is 0.0417. The maximum atomic E-state index is 10.8. The maximum absolute atomic E-state index is 10.8. The van der Waals surface area contributed by atoms with E-state index in [0.717, 1.165) is 12.8 Å². The van der Waals surface area contributed by atoms with E-state index in [4.69, 9.17) is 4.74 Å². The van der Waals surface area contributed by atoms with E-state index in [1.165, 1.54) is 0 Å². The van der Waals surface area contributed by atoms with Crippen molar-refractivity contribution in [2.45, 2.75) is 12.8 Å². The Hall–Kier alpha value is -0.370. The Morgan fingerprint density at radius 3 is 2.25 bits per heavy atom. The molecule has 0 aromatic heterocycles. The fraction of sp³-hybridized carbons (Fsp3) is 0.833. The van der Waals surface area contributed by atoms with Crippen LogP contribution in [0.1, 0.15) is 12.8 Å². The quantitative estimate of drug-likeness (QED) is 0.452. The fourth-order valence-corrected chi connectivity index (χ4v) is 1.23. The SMILES string of the molecule is O=C1CCC12COC2. The number of hydrogen-bond donors (Lipinski definition) is 0. The lowest BCUT2D eigenvalue weighted by molar-refractivity contribution is -0.177. The lowest BCUT2D eigenvalue weighted by Crippen LogP contribution is -2.55. The third-order valence-electron chi connectivity index (χ3n) is 2.18. The van der Waals surface area contributed by atoms with Crippen LogP contribution in [-0.2, 0) is 9.53 Å². The monoisotopic (exact) mass is 112 g/mol. The van der Waals surface area contributed by atoms with Gasteiger partial charge in [0.25, 0.3) is 0 Å². The van der Waals surface area contributed by atoms with Crippen molar-refractivity contribution >= 4 is 5.78 Å². The molecule has 0 N–H and O–H groups in total. The Bertz CT molecular complexity index is 130. The van der Waals surface area contributed by atoms with E-state index in [1.807, 2.05) is 0 Å². The molecule has 2 aliphatic rings. The second-order valence-electron chi connectivity index (χ2n) is 2.70. The molecule has 0 amide bonds. The highest BCUT2D eigenvalue weighted by atomic mass is 16.5. The molecular weight excluding hydrogens is 104 g/mol. The first-order valence-electron chi connectivity index (χ1n) is 2.95. The molecule has 0 unspecified atom stereocenters. The highest BCUT2D eigenvalue weighted by Gasteiger charge is 2.51. The van der Waals surface area contributed by atoms with Gasteiger partial charge in [-0.1, -0.05) is 0 Å².